The second-order valence-electron chi connectivity index (χ2n) is 4.89. The van der Waals surface area contributed by atoms with Gasteiger partial charge in [-0.2, -0.15) is 0 Å². The monoisotopic (exact) mass is 263 g/mol. The molecule has 1 aromatic heterocycles. The lowest BCUT2D eigenvalue weighted by atomic mass is 10.1. The number of carbonyl (C=O) groups excluding carboxylic acids is 1. The van der Waals surface area contributed by atoms with E-state index < -0.39 is 0 Å². The Bertz CT molecular complexity index is 391. The van der Waals surface area contributed by atoms with Crippen LogP contribution >= 0.6 is 0 Å². The Balaban J connectivity index is 1.91. The molecule has 2 rings (SSSR count). The van der Waals surface area contributed by atoms with Crippen molar-refractivity contribution < 1.29 is 9.90 Å². The third kappa shape index (κ3) is 4.29. The van der Waals surface area contributed by atoms with Crippen molar-refractivity contribution in [2.24, 2.45) is 0 Å². The Hall–Kier alpha value is -1.46. The summed E-state index contributed by atoms with van der Waals surface area (Å²) >= 11 is 0. The van der Waals surface area contributed by atoms with Gasteiger partial charge in [-0.3, -0.25) is 9.78 Å². The number of hydrogen-bond donors (Lipinski definition) is 2. The molecule has 0 radical (unpaired) electrons. The van der Waals surface area contributed by atoms with Gasteiger partial charge in [0.25, 0.3) is 0 Å². The summed E-state index contributed by atoms with van der Waals surface area (Å²) in [6.45, 7) is 2.12. The lowest BCUT2D eigenvalue weighted by Gasteiger charge is -2.25. The van der Waals surface area contributed by atoms with E-state index >= 15 is 0 Å². The number of rotatable bonds is 6. The van der Waals surface area contributed by atoms with Crippen molar-refractivity contribution in [3.8, 4) is 0 Å². The Morgan fingerprint density at radius 1 is 1.47 bits per heavy atom. The van der Waals surface area contributed by atoms with Crippen LogP contribution in [0.25, 0.3) is 0 Å². The molecule has 1 fully saturated rings. The minimum Gasteiger partial charge on any atom is -0.395 e. The number of aliphatic hydroxyl groups is 1. The third-order valence-electron chi connectivity index (χ3n) is 3.43. The summed E-state index contributed by atoms with van der Waals surface area (Å²) in [6.07, 6.45) is 6.02. The molecule has 1 aliphatic rings. The van der Waals surface area contributed by atoms with Crippen molar-refractivity contribution in [2.45, 2.75) is 25.3 Å². The fourth-order valence-corrected chi connectivity index (χ4v) is 2.40. The smallest absolute Gasteiger partial charge is 0.227 e. The molecule has 0 spiro atoms. The Labute approximate surface area is 113 Å². The van der Waals surface area contributed by atoms with E-state index in [0.717, 1.165) is 24.9 Å². The minimum absolute atomic E-state index is 0.00874. The van der Waals surface area contributed by atoms with Gasteiger partial charge < -0.3 is 15.3 Å². The molecular weight excluding hydrogens is 242 g/mol. The number of nitrogens with zero attached hydrogens (tertiary/aromatic N) is 2. The average Bonchev–Trinajstić information content (AvgIpc) is 2.92. The number of pyridine rings is 1. The first kappa shape index (κ1) is 14.0. The van der Waals surface area contributed by atoms with Gasteiger partial charge in [0.15, 0.2) is 0 Å². The fourth-order valence-electron chi connectivity index (χ4n) is 2.40. The number of hydrogen-bond acceptors (Lipinski definition) is 4. The average molecular weight is 263 g/mol. The molecule has 2 N–H and O–H groups in total. The lowest BCUT2D eigenvalue weighted by molar-refractivity contribution is -0.131. The van der Waals surface area contributed by atoms with Crippen LogP contribution in [0.4, 0.5) is 0 Å². The predicted molar refractivity (Wildman–Crippen MR) is 72.6 cm³/mol. The summed E-state index contributed by atoms with van der Waals surface area (Å²) in [5, 5.41) is 12.5. The summed E-state index contributed by atoms with van der Waals surface area (Å²) in [5.41, 5.74) is 0.960. The van der Waals surface area contributed by atoms with E-state index in [1.807, 2.05) is 12.1 Å². The van der Waals surface area contributed by atoms with Crippen LogP contribution in [0.2, 0.25) is 0 Å². The molecule has 0 bridgehead atoms. The van der Waals surface area contributed by atoms with Crippen LogP contribution in [0, 0.1) is 0 Å². The molecule has 1 aliphatic heterocycles. The number of amides is 1. The molecule has 5 heteroatoms. The Kier molecular flexibility index (Phi) is 5.30. The normalized spacial score (nSPS) is 18.5. The Morgan fingerprint density at radius 2 is 2.26 bits per heavy atom. The molecule has 0 saturated carbocycles. The first-order valence-electron chi connectivity index (χ1n) is 6.80. The molecule has 5 nitrogen and oxygen atoms in total. The molecule has 2 heterocycles. The molecule has 0 aliphatic carbocycles. The highest BCUT2D eigenvalue weighted by Gasteiger charge is 2.21. The van der Waals surface area contributed by atoms with Crippen LogP contribution < -0.4 is 5.32 Å². The van der Waals surface area contributed by atoms with E-state index in [1.165, 1.54) is 0 Å². The van der Waals surface area contributed by atoms with E-state index in [-0.39, 0.29) is 12.5 Å². The van der Waals surface area contributed by atoms with E-state index in [2.05, 4.69) is 10.3 Å². The van der Waals surface area contributed by atoms with E-state index in [9.17, 15) is 4.79 Å². The van der Waals surface area contributed by atoms with Gasteiger partial charge in [0.1, 0.15) is 0 Å². The number of aliphatic hydroxyl groups excluding tert-OH is 1. The molecule has 104 valence electrons. The molecule has 1 aromatic rings. The van der Waals surface area contributed by atoms with Crippen LogP contribution in [0.5, 0.6) is 0 Å². The predicted octanol–water partition coefficient (Wildman–Crippen LogP) is 0.197. The van der Waals surface area contributed by atoms with Crippen LogP contribution in [0.3, 0.4) is 0 Å². The van der Waals surface area contributed by atoms with Crippen molar-refractivity contribution in [3.05, 3.63) is 30.1 Å². The highest BCUT2D eigenvalue weighted by atomic mass is 16.3. The number of carbonyl (C=O) groups is 1. The van der Waals surface area contributed by atoms with Gasteiger partial charge >= 0.3 is 0 Å². The van der Waals surface area contributed by atoms with Gasteiger partial charge in [0.2, 0.25) is 5.91 Å². The van der Waals surface area contributed by atoms with Crippen molar-refractivity contribution in [2.75, 3.05) is 26.2 Å². The lowest BCUT2D eigenvalue weighted by Crippen LogP contribution is -2.43. The van der Waals surface area contributed by atoms with E-state index in [1.54, 1.807) is 17.3 Å². The van der Waals surface area contributed by atoms with E-state index in [0.29, 0.717) is 25.6 Å². The van der Waals surface area contributed by atoms with Crippen LogP contribution in [-0.2, 0) is 11.2 Å². The molecule has 1 amide bonds. The maximum absolute atomic E-state index is 12.3. The summed E-state index contributed by atoms with van der Waals surface area (Å²) in [7, 11) is 0. The number of nitrogens with one attached hydrogen (secondary N) is 1. The SMILES string of the molecule is O=C(Cc1ccncc1)N(CCO)CC1CCCN1. The Morgan fingerprint density at radius 3 is 2.89 bits per heavy atom. The van der Waals surface area contributed by atoms with Crippen molar-refractivity contribution in [3.63, 3.8) is 0 Å². The zero-order chi connectivity index (χ0) is 13.5. The molecule has 1 saturated heterocycles. The quantitative estimate of drug-likeness (QED) is 0.769. The molecular formula is C14H21N3O2. The highest BCUT2D eigenvalue weighted by molar-refractivity contribution is 5.78. The van der Waals surface area contributed by atoms with E-state index in [4.69, 9.17) is 5.11 Å². The maximum Gasteiger partial charge on any atom is 0.227 e. The fraction of sp³-hybridized carbons (Fsp3) is 0.571. The van der Waals surface area contributed by atoms with Crippen LogP contribution in [-0.4, -0.2) is 53.2 Å². The molecule has 1 unspecified atom stereocenters. The summed E-state index contributed by atoms with van der Waals surface area (Å²) in [5.74, 6) is 0.0638. The van der Waals surface area contributed by atoms with Gasteiger partial charge in [-0.15, -0.1) is 0 Å². The molecule has 19 heavy (non-hydrogen) atoms. The minimum atomic E-state index is 0.00874. The maximum atomic E-state index is 12.3. The first-order valence-corrected chi connectivity index (χ1v) is 6.80. The zero-order valence-corrected chi connectivity index (χ0v) is 11.1. The van der Waals surface area contributed by atoms with Gasteiger partial charge in [0.05, 0.1) is 13.0 Å². The summed E-state index contributed by atoms with van der Waals surface area (Å²) in [6, 6.07) is 4.07. The summed E-state index contributed by atoms with van der Waals surface area (Å²) in [4.78, 5) is 18.0. The van der Waals surface area contributed by atoms with Crippen LogP contribution in [0.15, 0.2) is 24.5 Å². The first-order chi connectivity index (χ1) is 9.29. The largest absolute Gasteiger partial charge is 0.395 e. The third-order valence-corrected chi connectivity index (χ3v) is 3.43. The zero-order valence-electron chi connectivity index (χ0n) is 11.1. The van der Waals surface area contributed by atoms with Gasteiger partial charge in [-0.1, -0.05) is 0 Å². The molecule has 1 atom stereocenters. The van der Waals surface area contributed by atoms with Gasteiger partial charge in [-0.25, -0.2) is 0 Å². The van der Waals surface area contributed by atoms with Crippen molar-refractivity contribution in [1.82, 2.24) is 15.2 Å². The number of aromatic nitrogens is 1. The van der Waals surface area contributed by atoms with Crippen molar-refractivity contribution >= 4 is 5.91 Å². The van der Waals surface area contributed by atoms with Gasteiger partial charge in [-0.05, 0) is 37.1 Å². The van der Waals surface area contributed by atoms with Gasteiger partial charge in [0, 0.05) is 31.5 Å². The summed E-state index contributed by atoms with van der Waals surface area (Å²) < 4.78 is 0. The topological polar surface area (TPSA) is 65.5 Å². The highest BCUT2D eigenvalue weighted by Crippen LogP contribution is 2.09. The standard InChI is InChI=1S/C14H21N3O2/c18-9-8-17(11-13-2-1-5-16-13)14(19)10-12-3-6-15-7-4-12/h3-4,6-7,13,16,18H,1-2,5,8-11H2. The van der Waals surface area contributed by atoms with Crippen molar-refractivity contribution in [1.29, 1.82) is 0 Å². The second kappa shape index (κ2) is 7.21. The molecule has 0 aromatic carbocycles. The van der Waals surface area contributed by atoms with Crippen LogP contribution in [0.1, 0.15) is 18.4 Å². The second-order valence-corrected chi connectivity index (χ2v) is 4.89.